The largest absolute Gasteiger partial charge is 0.390 e. The Balaban J connectivity index is 1.72. The molecule has 0 aromatic carbocycles. The number of hydrogen-bond donors (Lipinski definition) is 2. The molecule has 3 rings (SSSR count). The molecule has 0 atom stereocenters. The number of aliphatic hydroxyl groups is 1. The second kappa shape index (κ2) is 5.68. The Morgan fingerprint density at radius 3 is 2.52 bits per heavy atom. The molecule has 7 nitrogen and oxygen atoms in total. The first-order valence-corrected chi connectivity index (χ1v) is 8.83. The van der Waals surface area contributed by atoms with E-state index in [1.54, 1.807) is 6.92 Å². The lowest BCUT2D eigenvalue weighted by atomic mass is 10.3. The van der Waals surface area contributed by atoms with Crippen LogP contribution in [0.1, 0.15) is 24.2 Å². The fraction of sp³-hybridized carbons (Fsp3) is 0.769. The topological polar surface area (TPSA) is 89.5 Å². The van der Waals surface area contributed by atoms with E-state index in [9.17, 15) is 13.5 Å². The summed E-state index contributed by atoms with van der Waals surface area (Å²) in [5.41, 5.74) is 0.687. The number of aryl methyl sites for hydroxylation is 1. The molecule has 1 aromatic heterocycles. The number of aliphatic hydroxyl groups excluding tert-OH is 1. The van der Waals surface area contributed by atoms with Crippen molar-refractivity contribution in [3.8, 4) is 0 Å². The van der Waals surface area contributed by atoms with Crippen LogP contribution in [-0.4, -0.2) is 65.7 Å². The monoisotopic (exact) mass is 314 g/mol. The Hall–Kier alpha value is -0.960. The highest BCUT2D eigenvalue weighted by atomic mass is 32.2. The lowest BCUT2D eigenvalue weighted by Crippen LogP contribution is -2.49. The van der Waals surface area contributed by atoms with E-state index in [-0.39, 0.29) is 17.2 Å². The van der Waals surface area contributed by atoms with Gasteiger partial charge in [0.1, 0.15) is 10.6 Å². The molecule has 1 saturated carbocycles. The molecule has 0 amide bonds. The van der Waals surface area contributed by atoms with E-state index in [1.165, 1.54) is 17.1 Å². The minimum Gasteiger partial charge on any atom is -0.390 e. The van der Waals surface area contributed by atoms with E-state index in [0.717, 1.165) is 25.6 Å². The van der Waals surface area contributed by atoms with Crippen molar-refractivity contribution < 1.29 is 13.5 Å². The molecule has 0 bridgehead atoms. The van der Waals surface area contributed by atoms with Crippen molar-refractivity contribution in [2.75, 3.05) is 32.7 Å². The molecule has 0 unspecified atom stereocenters. The van der Waals surface area contributed by atoms with Crippen LogP contribution in [0.25, 0.3) is 0 Å². The molecule has 2 fully saturated rings. The Kier molecular flexibility index (Phi) is 4.04. The summed E-state index contributed by atoms with van der Waals surface area (Å²) in [4.78, 5) is 2.49. The third kappa shape index (κ3) is 2.98. The number of piperazine rings is 1. The normalized spacial score (nSPS) is 21.8. The molecule has 1 saturated heterocycles. The smallest absolute Gasteiger partial charge is 0.246 e. The number of aromatic nitrogens is 2. The molecule has 21 heavy (non-hydrogen) atoms. The van der Waals surface area contributed by atoms with Gasteiger partial charge < -0.3 is 10.0 Å². The van der Waals surface area contributed by atoms with Crippen LogP contribution in [0.3, 0.4) is 0 Å². The minimum atomic E-state index is -3.58. The average molecular weight is 314 g/mol. The molecular formula is C13H22N4O3S. The van der Waals surface area contributed by atoms with Crippen molar-refractivity contribution in [3.05, 3.63) is 11.4 Å². The lowest BCUT2D eigenvalue weighted by molar-refractivity contribution is 0.182. The number of hydrogen-bond acceptors (Lipinski definition) is 5. The van der Waals surface area contributed by atoms with Crippen LogP contribution in [0.15, 0.2) is 4.90 Å². The zero-order valence-electron chi connectivity index (χ0n) is 12.2. The summed E-state index contributed by atoms with van der Waals surface area (Å²) in [6.07, 6.45) is 2.62. The summed E-state index contributed by atoms with van der Waals surface area (Å²) in [5.74, 6) is 0.824. The lowest BCUT2D eigenvalue weighted by Gasteiger charge is -2.34. The Morgan fingerprint density at radius 1 is 1.29 bits per heavy atom. The fourth-order valence-corrected chi connectivity index (χ4v) is 4.61. The molecule has 0 radical (unpaired) electrons. The van der Waals surface area contributed by atoms with Crippen molar-refractivity contribution in [3.63, 3.8) is 0 Å². The van der Waals surface area contributed by atoms with Crippen LogP contribution < -0.4 is 0 Å². The molecular weight excluding hydrogens is 292 g/mol. The second-order valence-electron chi connectivity index (χ2n) is 5.93. The molecule has 1 aliphatic carbocycles. The van der Waals surface area contributed by atoms with Gasteiger partial charge in [0.05, 0.1) is 12.3 Å². The highest BCUT2D eigenvalue weighted by Crippen LogP contribution is 2.30. The third-order valence-electron chi connectivity index (χ3n) is 4.25. The maximum atomic E-state index is 12.7. The van der Waals surface area contributed by atoms with Crippen LogP contribution >= 0.6 is 0 Å². The molecule has 2 aliphatic rings. The van der Waals surface area contributed by atoms with Crippen molar-refractivity contribution in [1.82, 2.24) is 19.4 Å². The van der Waals surface area contributed by atoms with Crippen LogP contribution in [0.2, 0.25) is 0 Å². The van der Waals surface area contributed by atoms with Gasteiger partial charge in [0.15, 0.2) is 0 Å². The quantitative estimate of drug-likeness (QED) is 0.794. The van der Waals surface area contributed by atoms with Crippen molar-refractivity contribution in [2.24, 2.45) is 5.92 Å². The van der Waals surface area contributed by atoms with Crippen molar-refractivity contribution in [2.45, 2.75) is 31.3 Å². The van der Waals surface area contributed by atoms with Crippen molar-refractivity contribution in [1.29, 1.82) is 0 Å². The zero-order chi connectivity index (χ0) is 15.0. The first-order valence-electron chi connectivity index (χ1n) is 7.39. The summed E-state index contributed by atoms with van der Waals surface area (Å²) in [6.45, 7) is 4.96. The second-order valence-corrected chi connectivity index (χ2v) is 7.81. The molecule has 1 aliphatic heterocycles. The summed E-state index contributed by atoms with van der Waals surface area (Å²) in [5, 5.41) is 15.8. The molecule has 2 heterocycles. The Labute approximate surface area is 125 Å². The summed E-state index contributed by atoms with van der Waals surface area (Å²) >= 11 is 0. The van der Waals surface area contributed by atoms with E-state index in [4.69, 9.17) is 0 Å². The van der Waals surface area contributed by atoms with E-state index >= 15 is 0 Å². The first-order chi connectivity index (χ1) is 10.0. The van der Waals surface area contributed by atoms with Gasteiger partial charge in [0.2, 0.25) is 10.0 Å². The molecule has 1 aromatic rings. The standard InChI is InChI=1S/C13H22N4O3S/c1-10-13(12(9-18)15-14-10)21(19,20)17-6-4-16(5-7-17)8-11-2-3-11/h11,18H,2-9H2,1H3,(H,14,15). The molecule has 118 valence electrons. The number of sulfonamides is 1. The van der Waals surface area contributed by atoms with Crippen LogP contribution in [0.4, 0.5) is 0 Å². The molecule has 8 heteroatoms. The summed E-state index contributed by atoms with van der Waals surface area (Å²) in [6, 6.07) is 0. The molecule has 2 N–H and O–H groups in total. The van der Waals surface area contributed by atoms with Crippen LogP contribution in [0, 0.1) is 12.8 Å². The zero-order valence-corrected chi connectivity index (χ0v) is 13.1. The van der Waals surface area contributed by atoms with Gasteiger partial charge in [0.25, 0.3) is 0 Å². The average Bonchev–Trinajstić information content (AvgIpc) is 3.19. The predicted octanol–water partition coefficient (Wildman–Crippen LogP) is -0.0733. The Morgan fingerprint density at radius 2 is 1.95 bits per heavy atom. The van der Waals surface area contributed by atoms with Gasteiger partial charge >= 0.3 is 0 Å². The first kappa shape index (κ1) is 15.0. The van der Waals surface area contributed by atoms with Crippen LogP contribution in [0.5, 0.6) is 0 Å². The maximum Gasteiger partial charge on any atom is 0.246 e. The van der Waals surface area contributed by atoms with Gasteiger partial charge in [-0.1, -0.05) is 0 Å². The van der Waals surface area contributed by atoms with Gasteiger partial charge in [-0.05, 0) is 25.7 Å². The Bertz CT molecular complexity index is 601. The van der Waals surface area contributed by atoms with E-state index in [2.05, 4.69) is 15.1 Å². The highest BCUT2D eigenvalue weighted by Gasteiger charge is 2.34. The van der Waals surface area contributed by atoms with Gasteiger partial charge in [0, 0.05) is 32.7 Å². The summed E-state index contributed by atoms with van der Waals surface area (Å²) in [7, 11) is -3.58. The van der Waals surface area contributed by atoms with E-state index in [1.807, 2.05) is 0 Å². The number of aromatic amines is 1. The van der Waals surface area contributed by atoms with Crippen LogP contribution in [-0.2, 0) is 16.6 Å². The van der Waals surface area contributed by atoms with Gasteiger partial charge in [-0.2, -0.15) is 9.40 Å². The molecule has 0 spiro atoms. The van der Waals surface area contributed by atoms with Gasteiger partial charge in [-0.15, -0.1) is 0 Å². The summed E-state index contributed by atoms with van der Waals surface area (Å²) < 4.78 is 27.0. The third-order valence-corrected chi connectivity index (χ3v) is 6.36. The van der Waals surface area contributed by atoms with E-state index in [0.29, 0.717) is 18.8 Å². The van der Waals surface area contributed by atoms with Crippen molar-refractivity contribution >= 4 is 10.0 Å². The van der Waals surface area contributed by atoms with E-state index < -0.39 is 10.0 Å². The highest BCUT2D eigenvalue weighted by molar-refractivity contribution is 7.89. The number of rotatable bonds is 5. The number of H-pyrrole nitrogens is 1. The minimum absolute atomic E-state index is 0.139. The predicted molar refractivity (Wildman–Crippen MR) is 77.2 cm³/mol. The number of nitrogens with one attached hydrogen (secondary N) is 1. The number of nitrogens with zero attached hydrogens (tertiary/aromatic N) is 3. The fourth-order valence-electron chi connectivity index (χ4n) is 2.87. The van der Waals surface area contributed by atoms with Gasteiger partial charge in [-0.3, -0.25) is 5.10 Å². The SMILES string of the molecule is Cc1[nH]nc(CO)c1S(=O)(=O)N1CCN(CC2CC2)CC1. The maximum absolute atomic E-state index is 12.7. The van der Waals surface area contributed by atoms with Gasteiger partial charge in [-0.25, -0.2) is 8.42 Å².